The molecule has 1 heterocycles. The van der Waals surface area contributed by atoms with E-state index in [4.69, 9.17) is 5.73 Å². The third-order valence-electron chi connectivity index (χ3n) is 4.03. The average Bonchev–Trinajstić information content (AvgIpc) is 2.86. The van der Waals surface area contributed by atoms with Crippen molar-refractivity contribution in [2.24, 2.45) is 5.73 Å². The molecule has 1 amide bonds. The van der Waals surface area contributed by atoms with E-state index in [1.165, 1.54) is 0 Å². The highest BCUT2D eigenvalue weighted by Crippen LogP contribution is 2.26. The number of amides is 1. The summed E-state index contributed by atoms with van der Waals surface area (Å²) in [7, 11) is 4.08. The zero-order valence-electron chi connectivity index (χ0n) is 12.7. The standard InChI is InChI=1S/C16H25N3O/c1-16(17,13-8-5-4-6-9-13)15(20)19-11-7-10-14(19)12-18(2)3/h4-6,8-9,14H,7,10-12,17H2,1-3H3. The van der Waals surface area contributed by atoms with Crippen molar-refractivity contribution in [3.8, 4) is 0 Å². The molecule has 1 aromatic carbocycles. The van der Waals surface area contributed by atoms with Gasteiger partial charge in [-0.1, -0.05) is 30.3 Å². The molecule has 2 unspecified atom stereocenters. The van der Waals surface area contributed by atoms with E-state index in [1.807, 2.05) is 56.3 Å². The minimum Gasteiger partial charge on any atom is -0.337 e. The van der Waals surface area contributed by atoms with Crippen LogP contribution in [-0.2, 0) is 10.3 Å². The number of carbonyl (C=O) groups is 1. The molecule has 1 aliphatic heterocycles. The molecule has 20 heavy (non-hydrogen) atoms. The molecule has 2 atom stereocenters. The molecule has 4 heteroatoms. The maximum Gasteiger partial charge on any atom is 0.247 e. The van der Waals surface area contributed by atoms with Crippen LogP contribution in [0.25, 0.3) is 0 Å². The number of hydrogen-bond donors (Lipinski definition) is 1. The quantitative estimate of drug-likeness (QED) is 0.904. The predicted octanol–water partition coefficient (Wildman–Crippen LogP) is 1.41. The van der Waals surface area contributed by atoms with Gasteiger partial charge in [-0.15, -0.1) is 0 Å². The Bertz CT molecular complexity index is 456. The van der Waals surface area contributed by atoms with Crippen molar-refractivity contribution in [1.29, 1.82) is 0 Å². The Morgan fingerprint density at radius 3 is 2.65 bits per heavy atom. The third-order valence-corrected chi connectivity index (χ3v) is 4.03. The number of rotatable bonds is 4. The Balaban J connectivity index is 2.17. The smallest absolute Gasteiger partial charge is 0.247 e. The van der Waals surface area contributed by atoms with Gasteiger partial charge < -0.3 is 15.5 Å². The van der Waals surface area contributed by atoms with Crippen LogP contribution in [-0.4, -0.2) is 48.9 Å². The van der Waals surface area contributed by atoms with Gasteiger partial charge in [-0.2, -0.15) is 0 Å². The van der Waals surface area contributed by atoms with E-state index >= 15 is 0 Å². The number of carbonyl (C=O) groups excluding carboxylic acids is 1. The van der Waals surface area contributed by atoms with Gasteiger partial charge in [0.2, 0.25) is 5.91 Å². The Morgan fingerprint density at radius 1 is 1.40 bits per heavy atom. The Labute approximate surface area is 121 Å². The summed E-state index contributed by atoms with van der Waals surface area (Å²) in [5.41, 5.74) is 6.28. The SMILES string of the molecule is CN(C)CC1CCCN1C(=O)C(C)(N)c1ccccc1. The summed E-state index contributed by atoms with van der Waals surface area (Å²) in [5.74, 6) is 0.0352. The van der Waals surface area contributed by atoms with Crippen LogP contribution in [0.4, 0.5) is 0 Å². The van der Waals surface area contributed by atoms with E-state index in [0.717, 1.165) is 31.5 Å². The Hall–Kier alpha value is -1.39. The summed E-state index contributed by atoms with van der Waals surface area (Å²) in [6.45, 7) is 3.53. The molecule has 1 fully saturated rings. The molecule has 1 aliphatic rings. The van der Waals surface area contributed by atoms with E-state index in [0.29, 0.717) is 0 Å². The average molecular weight is 275 g/mol. The summed E-state index contributed by atoms with van der Waals surface area (Å²) in [5, 5.41) is 0. The molecular weight excluding hydrogens is 250 g/mol. The number of nitrogens with two attached hydrogens (primary N) is 1. The molecule has 2 rings (SSSR count). The number of likely N-dealkylation sites (N-methyl/N-ethyl adjacent to an activating group) is 1. The first-order valence-electron chi connectivity index (χ1n) is 7.23. The molecule has 1 saturated heterocycles. The summed E-state index contributed by atoms with van der Waals surface area (Å²) < 4.78 is 0. The van der Waals surface area contributed by atoms with Crippen LogP contribution in [0.2, 0.25) is 0 Å². The van der Waals surface area contributed by atoms with E-state index in [1.54, 1.807) is 0 Å². The van der Waals surface area contributed by atoms with E-state index < -0.39 is 5.54 Å². The van der Waals surface area contributed by atoms with Crippen molar-refractivity contribution in [1.82, 2.24) is 9.80 Å². The lowest BCUT2D eigenvalue weighted by molar-refractivity contribution is -0.137. The van der Waals surface area contributed by atoms with Crippen molar-refractivity contribution in [3.63, 3.8) is 0 Å². The number of benzene rings is 1. The zero-order valence-corrected chi connectivity index (χ0v) is 12.7. The van der Waals surface area contributed by atoms with Gasteiger partial charge in [0.15, 0.2) is 0 Å². The van der Waals surface area contributed by atoms with Crippen LogP contribution >= 0.6 is 0 Å². The summed E-state index contributed by atoms with van der Waals surface area (Å²) in [4.78, 5) is 16.9. The Kier molecular flexibility index (Phi) is 4.45. The second kappa shape index (κ2) is 5.94. The van der Waals surface area contributed by atoms with Crippen molar-refractivity contribution in [3.05, 3.63) is 35.9 Å². The fourth-order valence-electron chi connectivity index (χ4n) is 2.92. The lowest BCUT2D eigenvalue weighted by atomic mass is 9.91. The van der Waals surface area contributed by atoms with Gasteiger partial charge >= 0.3 is 0 Å². The molecule has 0 aromatic heterocycles. The lowest BCUT2D eigenvalue weighted by Gasteiger charge is -2.34. The van der Waals surface area contributed by atoms with Gasteiger partial charge in [-0.3, -0.25) is 4.79 Å². The number of hydrogen-bond acceptors (Lipinski definition) is 3. The molecule has 0 saturated carbocycles. The fraction of sp³-hybridized carbons (Fsp3) is 0.562. The first kappa shape index (κ1) is 15.0. The first-order valence-corrected chi connectivity index (χ1v) is 7.23. The molecular formula is C16H25N3O. The van der Waals surface area contributed by atoms with Crippen molar-refractivity contribution < 1.29 is 4.79 Å². The van der Waals surface area contributed by atoms with Gasteiger partial charge in [0.1, 0.15) is 5.54 Å². The molecule has 0 aliphatic carbocycles. The van der Waals surface area contributed by atoms with Crippen LogP contribution in [0.15, 0.2) is 30.3 Å². The molecule has 2 N–H and O–H groups in total. The normalized spacial score (nSPS) is 22.1. The van der Waals surface area contributed by atoms with Gasteiger partial charge in [0.25, 0.3) is 0 Å². The van der Waals surface area contributed by atoms with Crippen molar-refractivity contribution in [2.75, 3.05) is 27.2 Å². The van der Waals surface area contributed by atoms with Crippen molar-refractivity contribution >= 4 is 5.91 Å². The predicted molar refractivity (Wildman–Crippen MR) is 81.3 cm³/mol. The van der Waals surface area contributed by atoms with Crippen LogP contribution in [0, 0.1) is 0 Å². The monoisotopic (exact) mass is 275 g/mol. The maximum absolute atomic E-state index is 12.8. The summed E-state index contributed by atoms with van der Waals surface area (Å²) in [6, 6.07) is 9.92. The molecule has 0 spiro atoms. The molecule has 1 aromatic rings. The highest BCUT2D eigenvalue weighted by Gasteiger charge is 2.39. The van der Waals surface area contributed by atoms with Gasteiger partial charge in [-0.05, 0) is 39.4 Å². The number of nitrogens with zero attached hydrogens (tertiary/aromatic N) is 2. The minimum atomic E-state index is -0.948. The molecule has 0 radical (unpaired) electrons. The molecule has 4 nitrogen and oxygen atoms in total. The largest absolute Gasteiger partial charge is 0.337 e. The molecule has 110 valence electrons. The van der Waals surface area contributed by atoms with E-state index in [9.17, 15) is 4.79 Å². The highest BCUT2D eigenvalue weighted by atomic mass is 16.2. The zero-order chi connectivity index (χ0) is 14.8. The van der Waals surface area contributed by atoms with Crippen LogP contribution in [0.1, 0.15) is 25.3 Å². The second-order valence-electron chi connectivity index (χ2n) is 6.13. The van der Waals surface area contributed by atoms with E-state index in [2.05, 4.69) is 4.90 Å². The lowest BCUT2D eigenvalue weighted by Crippen LogP contribution is -2.53. The van der Waals surface area contributed by atoms with Gasteiger partial charge in [0.05, 0.1) is 0 Å². The van der Waals surface area contributed by atoms with Crippen molar-refractivity contribution in [2.45, 2.75) is 31.3 Å². The summed E-state index contributed by atoms with van der Waals surface area (Å²) >= 11 is 0. The Morgan fingerprint density at radius 2 is 2.05 bits per heavy atom. The van der Waals surface area contributed by atoms with Gasteiger partial charge in [-0.25, -0.2) is 0 Å². The minimum absolute atomic E-state index is 0.0352. The van der Waals surface area contributed by atoms with E-state index in [-0.39, 0.29) is 11.9 Å². The topological polar surface area (TPSA) is 49.6 Å². The van der Waals surface area contributed by atoms with Crippen LogP contribution < -0.4 is 5.73 Å². The molecule has 0 bridgehead atoms. The second-order valence-corrected chi connectivity index (χ2v) is 6.13. The third kappa shape index (κ3) is 3.02. The number of likely N-dealkylation sites (tertiary alicyclic amines) is 1. The van der Waals surface area contributed by atoms with Crippen LogP contribution in [0.3, 0.4) is 0 Å². The first-order chi connectivity index (χ1) is 9.43. The fourth-order valence-corrected chi connectivity index (χ4v) is 2.92. The van der Waals surface area contributed by atoms with Gasteiger partial charge in [0, 0.05) is 19.1 Å². The van der Waals surface area contributed by atoms with Crippen LogP contribution in [0.5, 0.6) is 0 Å². The maximum atomic E-state index is 12.8. The summed E-state index contributed by atoms with van der Waals surface area (Å²) in [6.07, 6.45) is 2.13. The highest BCUT2D eigenvalue weighted by molar-refractivity contribution is 5.87.